The van der Waals surface area contributed by atoms with Crippen molar-refractivity contribution in [2.24, 2.45) is 5.92 Å². The molecule has 0 spiro atoms. The van der Waals surface area contributed by atoms with Gasteiger partial charge in [0.15, 0.2) is 0 Å². The van der Waals surface area contributed by atoms with Gasteiger partial charge in [0.25, 0.3) is 0 Å². The van der Waals surface area contributed by atoms with Gasteiger partial charge in [-0.3, -0.25) is 9.21 Å². The minimum absolute atomic E-state index is 0.769. The zero-order valence-corrected chi connectivity index (χ0v) is 10.9. The van der Waals surface area contributed by atoms with Gasteiger partial charge >= 0.3 is 0 Å². The quantitative estimate of drug-likeness (QED) is 0.741. The van der Waals surface area contributed by atoms with Crippen molar-refractivity contribution < 1.29 is 0 Å². The highest BCUT2D eigenvalue weighted by atomic mass is 32.1. The Morgan fingerprint density at radius 3 is 2.20 bits per heavy atom. The van der Waals surface area contributed by atoms with Gasteiger partial charge in [-0.05, 0) is 38.6 Å². The molecule has 2 aliphatic rings. The number of nitrogens with zero attached hydrogens (tertiary/aromatic N) is 2. The molecule has 2 fully saturated rings. The van der Waals surface area contributed by atoms with Gasteiger partial charge in [0.05, 0.1) is 0 Å². The number of thiol groups is 1. The summed E-state index contributed by atoms with van der Waals surface area (Å²) >= 11 is 4.34. The van der Waals surface area contributed by atoms with Crippen molar-refractivity contribution in [1.29, 1.82) is 0 Å². The molecule has 1 aliphatic carbocycles. The summed E-state index contributed by atoms with van der Waals surface area (Å²) in [7, 11) is 2.31. The molecule has 15 heavy (non-hydrogen) atoms. The average molecular weight is 228 g/mol. The molecule has 0 aromatic carbocycles. The van der Waals surface area contributed by atoms with Crippen LogP contribution in [-0.4, -0.2) is 41.4 Å². The van der Waals surface area contributed by atoms with Crippen LogP contribution in [0.1, 0.15) is 39.0 Å². The summed E-state index contributed by atoms with van der Waals surface area (Å²) in [5.74, 6) is 1.01. The summed E-state index contributed by atoms with van der Waals surface area (Å²) in [4.78, 5) is 2.61. The minimum Gasteiger partial charge on any atom is -0.298 e. The summed E-state index contributed by atoms with van der Waals surface area (Å²) in [5.41, 5.74) is 0. The maximum absolute atomic E-state index is 4.34. The largest absolute Gasteiger partial charge is 0.298 e. The van der Waals surface area contributed by atoms with Crippen molar-refractivity contribution in [2.75, 3.05) is 20.1 Å². The van der Waals surface area contributed by atoms with Crippen molar-refractivity contribution in [3.63, 3.8) is 0 Å². The predicted octanol–water partition coefficient (Wildman–Crippen LogP) is 2.42. The molecule has 2 nitrogen and oxygen atoms in total. The van der Waals surface area contributed by atoms with E-state index in [0.717, 1.165) is 31.1 Å². The fourth-order valence-electron chi connectivity index (χ4n) is 2.95. The first-order valence-electron chi connectivity index (χ1n) is 6.36. The lowest BCUT2D eigenvalue weighted by atomic mass is 9.83. The SMILES string of the molecule is CCC1CCC(N(C)C2CN(S)C2)CC1. The molecule has 1 heterocycles. The summed E-state index contributed by atoms with van der Waals surface area (Å²) < 4.78 is 2.11. The molecule has 0 aromatic heterocycles. The Bertz CT molecular complexity index is 196. The molecule has 1 aliphatic heterocycles. The molecule has 0 unspecified atom stereocenters. The molecule has 0 bridgehead atoms. The zero-order valence-electron chi connectivity index (χ0n) is 10.0. The average Bonchev–Trinajstić information content (AvgIpc) is 2.24. The number of hydrogen-bond acceptors (Lipinski definition) is 3. The molecule has 88 valence electrons. The lowest BCUT2D eigenvalue weighted by Crippen LogP contribution is -2.57. The van der Waals surface area contributed by atoms with Crippen LogP contribution in [-0.2, 0) is 0 Å². The second kappa shape index (κ2) is 5.07. The molecule has 0 N–H and O–H groups in total. The predicted molar refractivity (Wildman–Crippen MR) is 68.1 cm³/mol. The molecule has 0 atom stereocenters. The van der Waals surface area contributed by atoms with E-state index >= 15 is 0 Å². The van der Waals surface area contributed by atoms with Crippen LogP contribution in [0.5, 0.6) is 0 Å². The van der Waals surface area contributed by atoms with Crippen molar-refractivity contribution in [3.05, 3.63) is 0 Å². The van der Waals surface area contributed by atoms with E-state index in [4.69, 9.17) is 0 Å². The Labute approximate surface area is 99.6 Å². The van der Waals surface area contributed by atoms with Crippen LogP contribution in [0, 0.1) is 5.92 Å². The van der Waals surface area contributed by atoms with Gasteiger partial charge in [-0.15, -0.1) is 0 Å². The molecular weight excluding hydrogens is 204 g/mol. The van der Waals surface area contributed by atoms with Crippen molar-refractivity contribution in [3.8, 4) is 0 Å². The Hall–Kier alpha value is 0.270. The normalized spacial score (nSPS) is 34.4. The van der Waals surface area contributed by atoms with Crippen molar-refractivity contribution in [2.45, 2.75) is 51.1 Å². The van der Waals surface area contributed by atoms with Crippen LogP contribution in [0.2, 0.25) is 0 Å². The molecular formula is C12H24N2S. The van der Waals surface area contributed by atoms with Crippen LogP contribution >= 0.6 is 12.8 Å². The second-order valence-electron chi connectivity index (χ2n) is 5.27. The third kappa shape index (κ3) is 2.69. The van der Waals surface area contributed by atoms with Gasteiger partial charge < -0.3 is 0 Å². The first-order valence-corrected chi connectivity index (χ1v) is 6.76. The standard InChI is InChI=1S/C12H24N2S/c1-3-10-4-6-11(7-5-10)13(2)12-8-14(15)9-12/h10-12,15H,3-9H2,1-2H3. The maximum Gasteiger partial charge on any atom is 0.0368 e. The first-order chi connectivity index (χ1) is 7.20. The van der Waals surface area contributed by atoms with Gasteiger partial charge in [0.2, 0.25) is 0 Å². The molecule has 3 heteroatoms. The Morgan fingerprint density at radius 1 is 1.13 bits per heavy atom. The van der Waals surface area contributed by atoms with Crippen LogP contribution in [0.4, 0.5) is 0 Å². The molecule has 1 saturated carbocycles. The Kier molecular flexibility index (Phi) is 3.97. The topological polar surface area (TPSA) is 6.48 Å². The lowest BCUT2D eigenvalue weighted by Gasteiger charge is -2.46. The highest BCUT2D eigenvalue weighted by Gasteiger charge is 2.33. The first kappa shape index (κ1) is 11.7. The zero-order chi connectivity index (χ0) is 10.8. The summed E-state index contributed by atoms with van der Waals surface area (Å²) in [6.45, 7) is 4.63. The fraction of sp³-hybridized carbons (Fsp3) is 1.00. The molecule has 0 amide bonds. The van der Waals surface area contributed by atoms with Crippen molar-refractivity contribution >= 4 is 12.8 Å². The number of hydrogen-bond donors (Lipinski definition) is 1. The lowest BCUT2D eigenvalue weighted by molar-refractivity contribution is 0.0573. The third-order valence-electron chi connectivity index (χ3n) is 4.39. The van der Waals surface area contributed by atoms with E-state index in [1.807, 2.05) is 0 Å². The molecule has 2 rings (SSSR count). The van der Waals surface area contributed by atoms with E-state index in [-0.39, 0.29) is 0 Å². The minimum atomic E-state index is 0.769. The van der Waals surface area contributed by atoms with Gasteiger partial charge in [-0.2, -0.15) is 0 Å². The van der Waals surface area contributed by atoms with Gasteiger partial charge in [0.1, 0.15) is 0 Å². The van der Waals surface area contributed by atoms with Gasteiger partial charge in [-0.25, -0.2) is 0 Å². The smallest absolute Gasteiger partial charge is 0.0368 e. The second-order valence-corrected chi connectivity index (χ2v) is 5.84. The highest BCUT2D eigenvalue weighted by molar-refractivity contribution is 7.77. The fourth-order valence-corrected chi connectivity index (χ4v) is 3.33. The van der Waals surface area contributed by atoms with Crippen LogP contribution in [0.15, 0.2) is 0 Å². The highest BCUT2D eigenvalue weighted by Crippen LogP contribution is 2.31. The number of likely N-dealkylation sites (N-methyl/N-ethyl adjacent to an activating group) is 1. The number of rotatable bonds is 3. The maximum atomic E-state index is 4.34. The van der Waals surface area contributed by atoms with E-state index in [9.17, 15) is 0 Å². The molecule has 1 saturated heterocycles. The van der Waals surface area contributed by atoms with E-state index in [1.54, 1.807) is 0 Å². The van der Waals surface area contributed by atoms with Crippen LogP contribution in [0.25, 0.3) is 0 Å². The van der Waals surface area contributed by atoms with Gasteiger partial charge in [-0.1, -0.05) is 26.2 Å². The van der Waals surface area contributed by atoms with Crippen LogP contribution < -0.4 is 0 Å². The van der Waals surface area contributed by atoms with Gasteiger partial charge in [0, 0.05) is 25.2 Å². The summed E-state index contributed by atoms with van der Waals surface area (Å²) in [6.07, 6.45) is 7.10. The van der Waals surface area contributed by atoms with Crippen molar-refractivity contribution in [1.82, 2.24) is 9.21 Å². The van der Waals surface area contributed by atoms with E-state index in [1.165, 1.54) is 32.1 Å². The summed E-state index contributed by atoms with van der Waals surface area (Å²) in [6, 6.07) is 1.62. The van der Waals surface area contributed by atoms with Crippen LogP contribution in [0.3, 0.4) is 0 Å². The van der Waals surface area contributed by atoms with E-state index in [0.29, 0.717) is 0 Å². The Morgan fingerprint density at radius 2 is 1.73 bits per heavy atom. The molecule has 0 radical (unpaired) electrons. The van der Waals surface area contributed by atoms with E-state index in [2.05, 4.69) is 36.0 Å². The summed E-state index contributed by atoms with van der Waals surface area (Å²) in [5, 5.41) is 0. The third-order valence-corrected chi connectivity index (χ3v) is 4.72. The Balaban J connectivity index is 1.75. The molecule has 0 aromatic rings. The monoisotopic (exact) mass is 228 g/mol. The van der Waals surface area contributed by atoms with E-state index < -0.39 is 0 Å².